The van der Waals surface area contributed by atoms with Gasteiger partial charge in [0.05, 0.1) is 11.8 Å². The molecule has 2 heterocycles. The lowest BCUT2D eigenvalue weighted by molar-refractivity contribution is 0.0697. The van der Waals surface area contributed by atoms with Gasteiger partial charge >= 0.3 is 5.97 Å². The summed E-state index contributed by atoms with van der Waals surface area (Å²) in [4.78, 5) is 21.8. The lowest BCUT2D eigenvalue weighted by Gasteiger charge is -2.18. The molecule has 0 amide bonds. The number of aromatic nitrogens is 2. The van der Waals surface area contributed by atoms with Crippen LogP contribution in [0.4, 0.5) is 0 Å². The van der Waals surface area contributed by atoms with Crippen LogP contribution < -0.4 is 9.47 Å². The van der Waals surface area contributed by atoms with Crippen molar-refractivity contribution in [1.82, 2.24) is 14.9 Å². The molecule has 0 saturated heterocycles. The predicted molar refractivity (Wildman–Crippen MR) is 141 cm³/mol. The smallest absolute Gasteiger partial charge is 0.335 e. The SMILES string of the molecule is CN(Cc1ccc(Oc2ccc(-c3ncco3)cc2)cc1)Cc1cccnc1Oc1ccc(C(=O)O)cc1. The molecule has 0 aliphatic heterocycles. The highest BCUT2D eigenvalue weighted by Crippen LogP contribution is 2.27. The molecule has 0 aliphatic rings. The Kier molecular flexibility index (Phi) is 7.42. The van der Waals surface area contributed by atoms with E-state index in [1.165, 1.54) is 12.1 Å². The van der Waals surface area contributed by atoms with Gasteiger partial charge in [0, 0.05) is 30.4 Å². The molecule has 0 spiro atoms. The van der Waals surface area contributed by atoms with Crippen LogP contribution in [0.15, 0.2) is 108 Å². The topological polar surface area (TPSA) is 97.9 Å². The Morgan fingerprint density at radius 2 is 1.47 bits per heavy atom. The van der Waals surface area contributed by atoms with E-state index in [1.807, 2.05) is 67.7 Å². The van der Waals surface area contributed by atoms with Crippen LogP contribution in [0.2, 0.25) is 0 Å². The molecule has 190 valence electrons. The number of pyridine rings is 1. The Morgan fingerprint density at radius 1 is 0.816 bits per heavy atom. The number of rotatable bonds is 10. The number of aromatic carboxylic acids is 1. The number of ether oxygens (including phenoxy) is 2. The van der Waals surface area contributed by atoms with E-state index in [1.54, 1.807) is 30.8 Å². The Balaban J connectivity index is 1.17. The van der Waals surface area contributed by atoms with E-state index in [2.05, 4.69) is 14.9 Å². The fourth-order valence-electron chi connectivity index (χ4n) is 3.90. The number of carbonyl (C=O) groups is 1. The maximum Gasteiger partial charge on any atom is 0.335 e. The van der Waals surface area contributed by atoms with Crippen molar-refractivity contribution in [3.8, 4) is 34.6 Å². The second kappa shape index (κ2) is 11.4. The van der Waals surface area contributed by atoms with E-state index in [0.717, 1.165) is 28.2 Å². The minimum atomic E-state index is -0.978. The Bertz CT molecular complexity index is 1480. The van der Waals surface area contributed by atoms with Gasteiger partial charge in [-0.2, -0.15) is 0 Å². The molecule has 0 bridgehead atoms. The van der Waals surface area contributed by atoms with Crippen molar-refractivity contribution in [1.29, 1.82) is 0 Å². The molecule has 2 aromatic heterocycles. The number of hydrogen-bond donors (Lipinski definition) is 1. The third kappa shape index (κ3) is 6.24. The molecule has 0 atom stereocenters. The summed E-state index contributed by atoms with van der Waals surface area (Å²) in [5.74, 6) is 2.09. The third-order valence-electron chi connectivity index (χ3n) is 5.75. The average molecular weight is 508 g/mol. The van der Waals surface area contributed by atoms with Crippen molar-refractivity contribution < 1.29 is 23.8 Å². The molecule has 0 radical (unpaired) electrons. The van der Waals surface area contributed by atoms with Gasteiger partial charge in [-0.05, 0) is 79.3 Å². The van der Waals surface area contributed by atoms with Crippen LogP contribution in [0.5, 0.6) is 23.1 Å². The van der Waals surface area contributed by atoms with E-state index in [0.29, 0.717) is 30.6 Å². The Hall–Kier alpha value is -4.95. The van der Waals surface area contributed by atoms with Crippen molar-refractivity contribution in [3.05, 3.63) is 120 Å². The highest BCUT2D eigenvalue weighted by Gasteiger charge is 2.11. The van der Waals surface area contributed by atoms with Crippen molar-refractivity contribution >= 4 is 5.97 Å². The number of hydrogen-bond acceptors (Lipinski definition) is 7. The van der Waals surface area contributed by atoms with E-state index >= 15 is 0 Å². The maximum atomic E-state index is 11.1. The molecule has 8 nitrogen and oxygen atoms in total. The molecule has 0 saturated carbocycles. The van der Waals surface area contributed by atoms with Crippen molar-refractivity contribution in [2.24, 2.45) is 0 Å². The normalized spacial score (nSPS) is 10.9. The molecule has 38 heavy (non-hydrogen) atoms. The zero-order valence-corrected chi connectivity index (χ0v) is 20.7. The molecule has 1 N–H and O–H groups in total. The molecule has 8 heteroatoms. The minimum absolute atomic E-state index is 0.204. The highest BCUT2D eigenvalue weighted by molar-refractivity contribution is 5.87. The maximum absolute atomic E-state index is 11.1. The van der Waals surface area contributed by atoms with Gasteiger partial charge in [-0.15, -0.1) is 0 Å². The summed E-state index contributed by atoms with van der Waals surface area (Å²) >= 11 is 0. The van der Waals surface area contributed by atoms with E-state index in [9.17, 15) is 4.79 Å². The van der Waals surface area contributed by atoms with Crippen LogP contribution in [0.25, 0.3) is 11.5 Å². The second-order valence-corrected chi connectivity index (χ2v) is 8.68. The van der Waals surface area contributed by atoms with E-state index in [-0.39, 0.29) is 5.56 Å². The number of carboxylic acids is 1. The first-order valence-corrected chi connectivity index (χ1v) is 11.9. The molecule has 0 fully saturated rings. The summed E-state index contributed by atoms with van der Waals surface area (Å²) in [5, 5.41) is 9.08. The van der Waals surface area contributed by atoms with Crippen LogP contribution in [0.1, 0.15) is 21.5 Å². The van der Waals surface area contributed by atoms with Crippen LogP contribution in [0, 0.1) is 0 Å². The minimum Gasteiger partial charge on any atom is -0.478 e. The molecular weight excluding hydrogens is 482 g/mol. The zero-order valence-electron chi connectivity index (χ0n) is 20.7. The van der Waals surface area contributed by atoms with Gasteiger partial charge in [0.1, 0.15) is 23.5 Å². The third-order valence-corrected chi connectivity index (χ3v) is 5.75. The second-order valence-electron chi connectivity index (χ2n) is 8.68. The van der Waals surface area contributed by atoms with Gasteiger partial charge in [-0.3, -0.25) is 4.90 Å². The average Bonchev–Trinajstić information content (AvgIpc) is 3.47. The van der Waals surface area contributed by atoms with Crippen LogP contribution in [0.3, 0.4) is 0 Å². The van der Waals surface area contributed by atoms with E-state index < -0.39 is 5.97 Å². The first kappa shape index (κ1) is 24.7. The fraction of sp³-hybridized carbons (Fsp3) is 0.100. The fourth-order valence-corrected chi connectivity index (χ4v) is 3.90. The number of carboxylic acid groups (broad SMARTS) is 1. The summed E-state index contributed by atoms with van der Waals surface area (Å²) in [6.07, 6.45) is 4.84. The molecule has 3 aromatic carbocycles. The number of nitrogens with zero attached hydrogens (tertiary/aromatic N) is 3. The van der Waals surface area contributed by atoms with Crippen molar-refractivity contribution in [3.63, 3.8) is 0 Å². The highest BCUT2D eigenvalue weighted by atomic mass is 16.5. The monoisotopic (exact) mass is 507 g/mol. The predicted octanol–water partition coefficient (Wildman–Crippen LogP) is 6.65. The molecule has 5 rings (SSSR count). The summed E-state index contributed by atoms with van der Waals surface area (Å²) in [6.45, 7) is 1.33. The molecular formula is C30H25N3O5. The summed E-state index contributed by atoms with van der Waals surface area (Å²) in [5.41, 5.74) is 3.15. The van der Waals surface area contributed by atoms with E-state index in [4.69, 9.17) is 19.0 Å². The van der Waals surface area contributed by atoms with Crippen LogP contribution >= 0.6 is 0 Å². The van der Waals surface area contributed by atoms with Gasteiger partial charge in [-0.1, -0.05) is 18.2 Å². The van der Waals surface area contributed by atoms with Gasteiger partial charge in [0.15, 0.2) is 0 Å². The lowest BCUT2D eigenvalue weighted by atomic mass is 10.2. The van der Waals surface area contributed by atoms with Gasteiger partial charge in [0.2, 0.25) is 11.8 Å². The number of oxazole rings is 1. The summed E-state index contributed by atoms with van der Waals surface area (Å²) in [6, 6.07) is 25.7. The van der Waals surface area contributed by atoms with Gasteiger partial charge in [0.25, 0.3) is 0 Å². The standard InChI is InChI=1S/C30H25N3O5/c1-33(20-24-3-2-16-31-29(24)38-27-14-8-23(9-15-27)30(34)35)19-21-4-10-25(11-5-21)37-26-12-6-22(7-13-26)28-32-17-18-36-28/h2-18H,19-20H2,1H3,(H,34,35). The number of benzene rings is 3. The Morgan fingerprint density at radius 3 is 2.13 bits per heavy atom. The zero-order chi connectivity index (χ0) is 26.3. The van der Waals surface area contributed by atoms with Gasteiger partial charge < -0.3 is 19.0 Å². The first-order valence-electron chi connectivity index (χ1n) is 11.9. The first-order chi connectivity index (χ1) is 18.5. The molecule has 0 aliphatic carbocycles. The molecule has 0 unspecified atom stereocenters. The van der Waals surface area contributed by atoms with Crippen LogP contribution in [-0.4, -0.2) is 33.0 Å². The van der Waals surface area contributed by atoms with Crippen LogP contribution in [-0.2, 0) is 13.1 Å². The lowest BCUT2D eigenvalue weighted by Crippen LogP contribution is -2.17. The largest absolute Gasteiger partial charge is 0.478 e. The summed E-state index contributed by atoms with van der Waals surface area (Å²) in [7, 11) is 2.03. The van der Waals surface area contributed by atoms with Crippen molar-refractivity contribution in [2.75, 3.05) is 7.05 Å². The Labute approximate surface area is 219 Å². The summed E-state index contributed by atoms with van der Waals surface area (Å²) < 4.78 is 17.2. The van der Waals surface area contributed by atoms with Gasteiger partial charge in [-0.25, -0.2) is 14.8 Å². The molecule has 5 aromatic rings. The quantitative estimate of drug-likeness (QED) is 0.224. The van der Waals surface area contributed by atoms with Crippen molar-refractivity contribution in [2.45, 2.75) is 13.1 Å².